The molecule has 7 heteroatoms. The second kappa shape index (κ2) is 9.96. The predicted molar refractivity (Wildman–Crippen MR) is 130 cm³/mol. The van der Waals surface area contributed by atoms with Gasteiger partial charge in [-0.15, -0.1) is 11.3 Å². The minimum absolute atomic E-state index is 0.208. The number of amides is 1. The Balaban J connectivity index is 1.30. The SMILES string of the molecule is Cc1nn(CC(C)C)c(C)c1CC(=O)N1CCN(Cc2csc(-c3ccccc3)n2)CC1. The topological polar surface area (TPSA) is 54.3 Å². The summed E-state index contributed by atoms with van der Waals surface area (Å²) in [4.78, 5) is 22.2. The lowest BCUT2D eigenvalue weighted by molar-refractivity contribution is -0.132. The lowest BCUT2D eigenvalue weighted by Gasteiger charge is -2.34. The van der Waals surface area contributed by atoms with Crippen LogP contribution >= 0.6 is 11.3 Å². The van der Waals surface area contributed by atoms with Gasteiger partial charge in [-0.2, -0.15) is 5.10 Å². The molecule has 0 saturated carbocycles. The molecule has 1 aromatic carbocycles. The van der Waals surface area contributed by atoms with E-state index in [2.05, 4.69) is 53.0 Å². The number of rotatable bonds is 7. The van der Waals surface area contributed by atoms with Gasteiger partial charge in [0.25, 0.3) is 0 Å². The Labute approximate surface area is 194 Å². The first-order valence-corrected chi connectivity index (χ1v) is 12.3. The van der Waals surface area contributed by atoms with Gasteiger partial charge < -0.3 is 4.90 Å². The number of aromatic nitrogens is 3. The highest BCUT2D eigenvalue weighted by atomic mass is 32.1. The Hall–Kier alpha value is -2.51. The molecule has 4 rings (SSSR count). The van der Waals surface area contributed by atoms with Crippen LogP contribution in [-0.4, -0.2) is 56.7 Å². The fraction of sp³-hybridized carbons (Fsp3) is 0.480. The summed E-state index contributed by atoms with van der Waals surface area (Å²) in [5.41, 5.74) is 5.47. The monoisotopic (exact) mass is 451 g/mol. The maximum absolute atomic E-state index is 13.0. The Bertz CT molecular complexity index is 1050. The number of carbonyl (C=O) groups is 1. The molecular weight excluding hydrogens is 418 g/mol. The number of piperazine rings is 1. The number of aryl methyl sites for hydroxylation is 1. The third-order valence-corrected chi connectivity index (χ3v) is 7.02. The lowest BCUT2D eigenvalue weighted by atomic mass is 10.1. The molecule has 1 aliphatic rings. The molecule has 0 N–H and O–H groups in total. The minimum Gasteiger partial charge on any atom is -0.340 e. The summed E-state index contributed by atoms with van der Waals surface area (Å²) in [6.07, 6.45) is 0.447. The van der Waals surface area contributed by atoms with Crippen LogP contribution in [-0.2, 0) is 24.3 Å². The van der Waals surface area contributed by atoms with Crippen molar-refractivity contribution < 1.29 is 4.79 Å². The average Bonchev–Trinajstić information content (AvgIpc) is 3.34. The number of hydrogen-bond acceptors (Lipinski definition) is 5. The molecule has 0 unspecified atom stereocenters. The summed E-state index contributed by atoms with van der Waals surface area (Å²) < 4.78 is 2.05. The summed E-state index contributed by atoms with van der Waals surface area (Å²) in [7, 11) is 0. The van der Waals surface area contributed by atoms with Crippen LogP contribution in [0.2, 0.25) is 0 Å². The van der Waals surface area contributed by atoms with E-state index in [9.17, 15) is 4.79 Å². The molecule has 0 bridgehead atoms. The molecule has 0 aliphatic carbocycles. The molecule has 1 saturated heterocycles. The van der Waals surface area contributed by atoms with E-state index in [1.165, 1.54) is 5.56 Å². The Morgan fingerprint density at radius 1 is 1.09 bits per heavy atom. The summed E-state index contributed by atoms with van der Waals surface area (Å²) in [6, 6.07) is 10.3. The fourth-order valence-corrected chi connectivity index (χ4v) is 5.07. The molecule has 0 radical (unpaired) electrons. The van der Waals surface area contributed by atoms with Crippen molar-refractivity contribution in [2.75, 3.05) is 26.2 Å². The van der Waals surface area contributed by atoms with Crippen molar-refractivity contribution in [2.24, 2.45) is 5.92 Å². The molecule has 2 aromatic heterocycles. The van der Waals surface area contributed by atoms with Gasteiger partial charge in [0.2, 0.25) is 5.91 Å². The fourth-order valence-electron chi connectivity index (χ4n) is 4.25. The van der Waals surface area contributed by atoms with E-state index in [0.29, 0.717) is 12.3 Å². The second-order valence-corrected chi connectivity index (χ2v) is 9.93. The van der Waals surface area contributed by atoms with Gasteiger partial charge in [0.15, 0.2) is 0 Å². The molecule has 1 aliphatic heterocycles. The largest absolute Gasteiger partial charge is 0.340 e. The van der Waals surface area contributed by atoms with E-state index in [4.69, 9.17) is 4.98 Å². The maximum atomic E-state index is 13.0. The third kappa shape index (κ3) is 5.27. The van der Waals surface area contributed by atoms with Crippen molar-refractivity contribution in [3.05, 3.63) is 58.4 Å². The quantitative estimate of drug-likeness (QED) is 0.541. The first-order chi connectivity index (χ1) is 15.4. The smallest absolute Gasteiger partial charge is 0.227 e. The summed E-state index contributed by atoms with van der Waals surface area (Å²) in [5, 5.41) is 7.88. The van der Waals surface area contributed by atoms with Crippen LogP contribution < -0.4 is 0 Å². The molecule has 1 amide bonds. The maximum Gasteiger partial charge on any atom is 0.227 e. The third-order valence-electron chi connectivity index (χ3n) is 6.08. The van der Waals surface area contributed by atoms with Crippen molar-refractivity contribution in [3.8, 4) is 10.6 Å². The Kier molecular flexibility index (Phi) is 7.06. The number of nitrogens with zero attached hydrogens (tertiary/aromatic N) is 5. The zero-order valence-corrected chi connectivity index (χ0v) is 20.4. The number of benzene rings is 1. The van der Waals surface area contributed by atoms with E-state index in [-0.39, 0.29) is 5.91 Å². The van der Waals surface area contributed by atoms with Crippen molar-refractivity contribution in [1.82, 2.24) is 24.6 Å². The van der Waals surface area contributed by atoms with Crippen LogP contribution in [0.1, 0.15) is 36.5 Å². The Morgan fingerprint density at radius 3 is 2.50 bits per heavy atom. The van der Waals surface area contributed by atoms with Crippen molar-refractivity contribution in [3.63, 3.8) is 0 Å². The van der Waals surface area contributed by atoms with Gasteiger partial charge >= 0.3 is 0 Å². The van der Waals surface area contributed by atoms with Crippen molar-refractivity contribution in [2.45, 2.75) is 47.2 Å². The van der Waals surface area contributed by atoms with Crippen LogP contribution in [0, 0.1) is 19.8 Å². The van der Waals surface area contributed by atoms with Crippen LogP contribution in [0.3, 0.4) is 0 Å². The van der Waals surface area contributed by atoms with Crippen LogP contribution in [0.5, 0.6) is 0 Å². The van der Waals surface area contributed by atoms with Crippen LogP contribution in [0.15, 0.2) is 35.7 Å². The molecule has 32 heavy (non-hydrogen) atoms. The van der Waals surface area contributed by atoms with E-state index < -0.39 is 0 Å². The first-order valence-electron chi connectivity index (χ1n) is 11.4. The Morgan fingerprint density at radius 2 is 1.81 bits per heavy atom. The highest BCUT2D eigenvalue weighted by Crippen LogP contribution is 2.24. The van der Waals surface area contributed by atoms with Gasteiger partial charge in [-0.05, 0) is 19.8 Å². The van der Waals surface area contributed by atoms with Crippen LogP contribution in [0.4, 0.5) is 0 Å². The normalized spacial score (nSPS) is 15.0. The molecule has 3 aromatic rings. The van der Waals surface area contributed by atoms with Gasteiger partial charge in [-0.3, -0.25) is 14.4 Å². The highest BCUT2D eigenvalue weighted by Gasteiger charge is 2.24. The zero-order chi connectivity index (χ0) is 22.7. The molecule has 170 valence electrons. The molecule has 3 heterocycles. The number of thiazole rings is 1. The molecular formula is C25H33N5OS. The van der Waals surface area contributed by atoms with E-state index >= 15 is 0 Å². The lowest BCUT2D eigenvalue weighted by Crippen LogP contribution is -2.48. The first kappa shape index (κ1) is 22.7. The van der Waals surface area contributed by atoms with Crippen molar-refractivity contribution >= 4 is 17.2 Å². The summed E-state index contributed by atoms with van der Waals surface area (Å²) in [6.45, 7) is 13.5. The minimum atomic E-state index is 0.208. The average molecular weight is 452 g/mol. The van der Waals surface area contributed by atoms with Gasteiger partial charge in [-0.25, -0.2) is 4.98 Å². The van der Waals surface area contributed by atoms with Crippen LogP contribution in [0.25, 0.3) is 10.6 Å². The molecule has 0 spiro atoms. The van der Waals surface area contributed by atoms with Crippen molar-refractivity contribution in [1.29, 1.82) is 0 Å². The number of carbonyl (C=O) groups excluding carboxylic acids is 1. The summed E-state index contributed by atoms with van der Waals surface area (Å²) >= 11 is 1.70. The zero-order valence-electron chi connectivity index (χ0n) is 19.5. The summed E-state index contributed by atoms with van der Waals surface area (Å²) in [5.74, 6) is 0.742. The van der Waals surface area contributed by atoms with Gasteiger partial charge in [-0.1, -0.05) is 44.2 Å². The molecule has 0 atom stereocenters. The van der Waals surface area contributed by atoms with Gasteiger partial charge in [0.05, 0.1) is 17.8 Å². The number of hydrogen-bond donors (Lipinski definition) is 0. The van der Waals surface area contributed by atoms with E-state index in [1.807, 2.05) is 30.0 Å². The second-order valence-electron chi connectivity index (χ2n) is 9.07. The van der Waals surface area contributed by atoms with Gasteiger partial charge in [0, 0.05) is 61.5 Å². The van der Waals surface area contributed by atoms with Gasteiger partial charge in [0.1, 0.15) is 5.01 Å². The molecule has 6 nitrogen and oxygen atoms in total. The molecule has 1 fully saturated rings. The predicted octanol–water partition coefficient (Wildman–Crippen LogP) is 4.17. The van der Waals surface area contributed by atoms with E-state index in [0.717, 1.165) is 66.9 Å². The standard InChI is InChI=1S/C25H33N5OS/c1-18(2)15-30-20(4)23(19(3)27-30)14-24(31)29-12-10-28(11-13-29)16-22-17-32-25(26-22)21-8-6-5-7-9-21/h5-9,17-18H,10-16H2,1-4H3. The highest BCUT2D eigenvalue weighted by molar-refractivity contribution is 7.13. The van der Waals surface area contributed by atoms with E-state index in [1.54, 1.807) is 11.3 Å².